The summed E-state index contributed by atoms with van der Waals surface area (Å²) in [4.78, 5) is 30.4. The molecule has 3 heterocycles. The number of fused-ring (bicyclic) bond motifs is 2. The fourth-order valence-electron chi connectivity index (χ4n) is 4.52. The summed E-state index contributed by atoms with van der Waals surface area (Å²) in [6.45, 7) is 5.23. The molecule has 0 bridgehead atoms. The van der Waals surface area contributed by atoms with E-state index in [1.54, 1.807) is 0 Å². The largest absolute Gasteiger partial charge is 0.490 e. The van der Waals surface area contributed by atoms with Gasteiger partial charge in [-0.1, -0.05) is 42.5 Å². The number of aromatic nitrogens is 2. The number of aliphatic carboxylic acids is 1. The van der Waals surface area contributed by atoms with Crippen molar-refractivity contribution in [3.05, 3.63) is 66.2 Å². The molecule has 2 aliphatic rings. The van der Waals surface area contributed by atoms with Gasteiger partial charge in [0, 0.05) is 64.1 Å². The van der Waals surface area contributed by atoms with E-state index >= 15 is 0 Å². The van der Waals surface area contributed by atoms with Crippen LogP contribution in [0.3, 0.4) is 0 Å². The number of piperazine rings is 1. The highest BCUT2D eigenvalue weighted by molar-refractivity contribution is 5.85. The Kier molecular flexibility index (Phi) is 7.78. The van der Waals surface area contributed by atoms with Crippen LogP contribution in [-0.4, -0.2) is 74.9 Å². The van der Waals surface area contributed by atoms with Crippen LogP contribution in [0.1, 0.15) is 17.8 Å². The number of rotatable bonds is 3. The van der Waals surface area contributed by atoms with Crippen LogP contribution in [0.5, 0.6) is 0 Å². The first-order chi connectivity index (χ1) is 17.2. The van der Waals surface area contributed by atoms with Crippen molar-refractivity contribution in [2.45, 2.75) is 38.1 Å². The summed E-state index contributed by atoms with van der Waals surface area (Å²) < 4.78 is 33.9. The molecule has 3 aromatic rings. The van der Waals surface area contributed by atoms with Gasteiger partial charge in [-0.3, -0.25) is 4.90 Å². The predicted octanol–water partition coefficient (Wildman–Crippen LogP) is 3.51. The fourth-order valence-corrected chi connectivity index (χ4v) is 4.52. The van der Waals surface area contributed by atoms with E-state index in [1.165, 1.54) is 16.3 Å². The molecule has 2 aromatic carbocycles. The molecule has 0 saturated carbocycles. The highest BCUT2D eigenvalue weighted by atomic mass is 19.4. The van der Waals surface area contributed by atoms with E-state index in [0.29, 0.717) is 0 Å². The molecular weight excluding hydrogens is 475 g/mol. The molecular formula is C25H28F3N5O3. The molecule has 1 atom stereocenters. The number of carboxylic acids is 1. The van der Waals surface area contributed by atoms with Crippen LogP contribution < -0.4 is 5.32 Å². The summed E-state index contributed by atoms with van der Waals surface area (Å²) >= 11 is 0. The van der Waals surface area contributed by atoms with Crippen molar-refractivity contribution in [3.63, 3.8) is 0 Å². The third-order valence-electron chi connectivity index (χ3n) is 6.45. The first-order valence-electron chi connectivity index (χ1n) is 11.8. The number of carboxylic acid groups (broad SMARTS) is 1. The first-order valence-corrected chi connectivity index (χ1v) is 11.8. The number of imidazole rings is 1. The number of alkyl halides is 3. The number of carbonyl (C=O) groups excluding carboxylic acids is 1. The van der Waals surface area contributed by atoms with Gasteiger partial charge in [-0.25, -0.2) is 14.6 Å². The fraction of sp³-hybridized carbons (Fsp3) is 0.400. The highest BCUT2D eigenvalue weighted by Crippen LogP contribution is 2.21. The SMILES string of the molecule is O=C(NC1CCn2ccnc2C1)N1CCN(Cc2cccc3ccccc23)CC1.O=C(O)C(F)(F)F. The summed E-state index contributed by atoms with van der Waals surface area (Å²) in [6.07, 6.45) is 0.563. The highest BCUT2D eigenvalue weighted by Gasteiger charge is 2.38. The van der Waals surface area contributed by atoms with Crippen LogP contribution >= 0.6 is 0 Å². The second kappa shape index (κ2) is 11.0. The number of hydrogen-bond acceptors (Lipinski definition) is 4. The number of carbonyl (C=O) groups is 2. The molecule has 1 fully saturated rings. The zero-order valence-electron chi connectivity index (χ0n) is 19.6. The number of nitrogens with one attached hydrogen (secondary N) is 1. The van der Waals surface area contributed by atoms with Crippen LogP contribution in [0.15, 0.2) is 54.9 Å². The molecule has 8 nitrogen and oxygen atoms in total. The maximum Gasteiger partial charge on any atom is 0.490 e. The Morgan fingerprint density at radius 2 is 1.72 bits per heavy atom. The predicted molar refractivity (Wildman–Crippen MR) is 127 cm³/mol. The molecule has 2 N–H and O–H groups in total. The minimum atomic E-state index is -5.08. The lowest BCUT2D eigenvalue weighted by atomic mass is 10.0. The van der Waals surface area contributed by atoms with Gasteiger partial charge in [0.1, 0.15) is 5.82 Å². The Hall–Kier alpha value is -3.60. The molecule has 2 aliphatic heterocycles. The van der Waals surface area contributed by atoms with Crippen molar-refractivity contribution in [2.24, 2.45) is 0 Å². The molecule has 0 spiro atoms. The van der Waals surface area contributed by atoms with Crippen LogP contribution in [0.25, 0.3) is 10.8 Å². The topological polar surface area (TPSA) is 90.7 Å². The lowest BCUT2D eigenvalue weighted by Gasteiger charge is -2.36. The maximum absolute atomic E-state index is 12.7. The number of hydrogen-bond donors (Lipinski definition) is 2. The van der Waals surface area contributed by atoms with Crippen molar-refractivity contribution in [2.75, 3.05) is 26.2 Å². The summed E-state index contributed by atoms with van der Waals surface area (Å²) in [5.41, 5.74) is 1.36. The quantitative estimate of drug-likeness (QED) is 0.571. The van der Waals surface area contributed by atoms with Crippen LogP contribution in [0.2, 0.25) is 0 Å². The van der Waals surface area contributed by atoms with Gasteiger partial charge in [0.2, 0.25) is 0 Å². The monoisotopic (exact) mass is 503 g/mol. The van der Waals surface area contributed by atoms with Gasteiger partial charge in [0.05, 0.1) is 0 Å². The van der Waals surface area contributed by atoms with E-state index < -0.39 is 12.1 Å². The van der Waals surface area contributed by atoms with Crippen LogP contribution in [-0.2, 0) is 24.3 Å². The summed E-state index contributed by atoms with van der Waals surface area (Å²) in [6, 6.07) is 15.3. The smallest absolute Gasteiger partial charge is 0.475 e. The van der Waals surface area contributed by atoms with Gasteiger partial charge >= 0.3 is 18.2 Å². The standard InChI is InChI=1S/C23H27N5O.C2HF3O2/c29-23(25-20-8-10-27-11-9-24-22(27)16-20)28-14-12-26(13-15-28)17-19-6-3-5-18-4-1-2-7-21(18)19;3-2(4,5)1(6)7/h1-7,9,11,20H,8,10,12-17H2,(H,25,29);(H,6,7). The van der Waals surface area contributed by atoms with Gasteiger partial charge in [-0.2, -0.15) is 13.2 Å². The third kappa shape index (κ3) is 6.34. The average Bonchev–Trinajstić information content (AvgIpc) is 3.32. The molecule has 2 amide bonds. The molecule has 0 aliphatic carbocycles. The van der Waals surface area contributed by atoms with Crippen molar-refractivity contribution < 1.29 is 27.9 Å². The van der Waals surface area contributed by atoms with Crippen molar-refractivity contribution in [3.8, 4) is 0 Å². The van der Waals surface area contributed by atoms with Crippen molar-refractivity contribution in [1.82, 2.24) is 24.7 Å². The zero-order chi connectivity index (χ0) is 25.7. The third-order valence-corrected chi connectivity index (χ3v) is 6.45. The second-order valence-electron chi connectivity index (χ2n) is 8.88. The molecule has 1 aromatic heterocycles. The molecule has 0 radical (unpaired) electrons. The van der Waals surface area contributed by atoms with E-state index in [1.807, 2.05) is 17.3 Å². The van der Waals surface area contributed by atoms with E-state index in [9.17, 15) is 18.0 Å². The summed E-state index contributed by atoms with van der Waals surface area (Å²) in [7, 11) is 0. The summed E-state index contributed by atoms with van der Waals surface area (Å²) in [5.74, 6) is -1.69. The number of urea groups is 1. The van der Waals surface area contributed by atoms with E-state index in [4.69, 9.17) is 9.90 Å². The molecule has 5 rings (SSSR count). The van der Waals surface area contributed by atoms with Crippen LogP contribution in [0.4, 0.5) is 18.0 Å². The summed E-state index contributed by atoms with van der Waals surface area (Å²) in [5, 5.41) is 13.0. The van der Waals surface area contributed by atoms with E-state index in [0.717, 1.165) is 57.9 Å². The van der Waals surface area contributed by atoms with E-state index in [2.05, 4.69) is 62.2 Å². The van der Waals surface area contributed by atoms with Gasteiger partial charge < -0.3 is 19.9 Å². The number of amides is 2. The van der Waals surface area contributed by atoms with Gasteiger partial charge in [-0.15, -0.1) is 0 Å². The Morgan fingerprint density at radius 1 is 1.03 bits per heavy atom. The Labute approximate surface area is 206 Å². The van der Waals surface area contributed by atoms with Gasteiger partial charge in [0.15, 0.2) is 0 Å². The Balaban J connectivity index is 0.000000384. The minimum Gasteiger partial charge on any atom is -0.475 e. The Bertz CT molecular complexity index is 1200. The van der Waals surface area contributed by atoms with Crippen molar-refractivity contribution in [1.29, 1.82) is 0 Å². The van der Waals surface area contributed by atoms with Gasteiger partial charge in [-0.05, 0) is 22.8 Å². The number of halogens is 3. The molecule has 36 heavy (non-hydrogen) atoms. The van der Waals surface area contributed by atoms with Gasteiger partial charge in [0.25, 0.3) is 0 Å². The van der Waals surface area contributed by atoms with E-state index in [-0.39, 0.29) is 12.1 Å². The molecule has 1 saturated heterocycles. The molecule has 1 unspecified atom stereocenters. The lowest BCUT2D eigenvalue weighted by Crippen LogP contribution is -2.54. The average molecular weight is 504 g/mol. The second-order valence-corrected chi connectivity index (χ2v) is 8.88. The normalized spacial score (nSPS) is 18.2. The molecule has 192 valence electrons. The number of aryl methyl sites for hydroxylation is 1. The lowest BCUT2D eigenvalue weighted by molar-refractivity contribution is -0.192. The van der Waals surface area contributed by atoms with Crippen LogP contribution in [0, 0.1) is 0 Å². The molecule has 11 heteroatoms. The van der Waals surface area contributed by atoms with Crippen molar-refractivity contribution >= 4 is 22.8 Å². The number of benzene rings is 2. The maximum atomic E-state index is 12.7. The Morgan fingerprint density at radius 3 is 2.44 bits per heavy atom. The first kappa shape index (κ1) is 25.5. The zero-order valence-corrected chi connectivity index (χ0v) is 19.6. The minimum absolute atomic E-state index is 0.0693. The number of nitrogens with zero attached hydrogens (tertiary/aromatic N) is 4.